The van der Waals surface area contributed by atoms with Gasteiger partial charge >= 0.3 is 0 Å². The van der Waals surface area contributed by atoms with Gasteiger partial charge in [0.1, 0.15) is 6.61 Å². The number of amides is 2. The number of hydrogen-bond donors (Lipinski definition) is 0. The molecule has 0 aromatic heterocycles. The summed E-state index contributed by atoms with van der Waals surface area (Å²) in [5.41, 5.74) is 1.78. The number of ether oxygens (including phenoxy) is 1. The second-order valence-corrected chi connectivity index (χ2v) is 7.70. The first-order valence-corrected chi connectivity index (χ1v) is 9.96. The molecular weight excluding hydrogens is 352 g/mol. The van der Waals surface area contributed by atoms with Crippen LogP contribution in [0.3, 0.4) is 0 Å². The number of carbonyl (C=O) groups is 2. The highest BCUT2D eigenvalue weighted by Gasteiger charge is 2.38. The Hall–Kier alpha value is -2.66. The molecule has 2 amide bonds. The van der Waals surface area contributed by atoms with E-state index in [1.807, 2.05) is 70.5 Å². The molecule has 3 heterocycles. The van der Waals surface area contributed by atoms with Crippen LogP contribution in [0, 0.1) is 5.92 Å². The first kappa shape index (κ1) is 18.7. The zero-order valence-corrected chi connectivity index (χ0v) is 16.0. The van der Waals surface area contributed by atoms with Crippen LogP contribution < -0.4 is 0 Å². The van der Waals surface area contributed by atoms with E-state index in [1.165, 1.54) is 0 Å². The van der Waals surface area contributed by atoms with Crippen LogP contribution >= 0.6 is 0 Å². The Morgan fingerprint density at radius 2 is 1.61 bits per heavy atom. The molecule has 5 heteroatoms. The van der Waals surface area contributed by atoms with Crippen molar-refractivity contribution in [2.24, 2.45) is 5.92 Å². The van der Waals surface area contributed by atoms with Crippen LogP contribution in [0.2, 0.25) is 0 Å². The van der Waals surface area contributed by atoms with Gasteiger partial charge in [0.25, 0.3) is 5.91 Å². The highest BCUT2D eigenvalue weighted by molar-refractivity contribution is 5.94. The lowest BCUT2D eigenvalue weighted by Gasteiger charge is -2.36. The number of fused-ring (bicyclic) bond motifs is 4. The molecule has 3 saturated heterocycles. The van der Waals surface area contributed by atoms with E-state index in [-0.39, 0.29) is 24.5 Å². The second kappa shape index (κ2) is 8.57. The van der Waals surface area contributed by atoms with E-state index in [4.69, 9.17) is 4.74 Å². The third-order valence-corrected chi connectivity index (χ3v) is 5.68. The molecule has 3 aliphatic rings. The Kier molecular flexibility index (Phi) is 5.72. The number of hydrogen-bond acceptors (Lipinski definition) is 3. The van der Waals surface area contributed by atoms with Gasteiger partial charge in [-0.3, -0.25) is 9.59 Å². The summed E-state index contributed by atoms with van der Waals surface area (Å²) in [7, 11) is 0. The van der Waals surface area contributed by atoms with E-state index in [1.54, 1.807) is 0 Å². The molecule has 0 spiro atoms. The highest BCUT2D eigenvalue weighted by atomic mass is 16.5. The summed E-state index contributed by atoms with van der Waals surface area (Å²) in [6, 6.07) is 19.4. The predicted octanol–water partition coefficient (Wildman–Crippen LogP) is 2.97. The van der Waals surface area contributed by atoms with Crippen LogP contribution in [0.4, 0.5) is 0 Å². The zero-order chi connectivity index (χ0) is 19.3. The van der Waals surface area contributed by atoms with Crippen molar-refractivity contribution in [3.63, 3.8) is 0 Å². The summed E-state index contributed by atoms with van der Waals surface area (Å²) in [5.74, 6) is 0.427. The number of piperidine rings is 1. The van der Waals surface area contributed by atoms with Crippen LogP contribution in [-0.2, 0) is 16.1 Å². The number of rotatable bonds is 5. The molecule has 2 atom stereocenters. The minimum atomic E-state index is 0.0274. The van der Waals surface area contributed by atoms with E-state index < -0.39 is 0 Å². The fraction of sp³-hybridized carbons (Fsp3) is 0.391. The summed E-state index contributed by atoms with van der Waals surface area (Å²) in [4.78, 5) is 29.5. The van der Waals surface area contributed by atoms with Gasteiger partial charge in [0, 0.05) is 31.2 Å². The molecule has 28 heavy (non-hydrogen) atoms. The number of carbonyl (C=O) groups excluding carboxylic acids is 2. The van der Waals surface area contributed by atoms with Crippen molar-refractivity contribution in [3.05, 3.63) is 71.8 Å². The van der Waals surface area contributed by atoms with E-state index in [9.17, 15) is 9.59 Å². The van der Waals surface area contributed by atoms with Crippen LogP contribution in [0.1, 0.15) is 28.8 Å². The summed E-state index contributed by atoms with van der Waals surface area (Å²) < 4.78 is 5.66. The molecular formula is C23H26N2O3. The minimum absolute atomic E-state index is 0.0274. The fourth-order valence-electron chi connectivity index (χ4n) is 4.23. The van der Waals surface area contributed by atoms with Gasteiger partial charge in [-0.05, 0) is 36.5 Å². The van der Waals surface area contributed by atoms with Gasteiger partial charge in [-0.2, -0.15) is 0 Å². The molecule has 5 rings (SSSR count). The van der Waals surface area contributed by atoms with Gasteiger partial charge in [0.2, 0.25) is 5.91 Å². The fourth-order valence-corrected chi connectivity index (χ4v) is 4.23. The molecule has 2 bridgehead atoms. The summed E-state index contributed by atoms with van der Waals surface area (Å²) in [5, 5.41) is 0. The maximum Gasteiger partial charge on any atom is 0.253 e. The zero-order valence-electron chi connectivity index (χ0n) is 16.0. The van der Waals surface area contributed by atoms with Crippen LogP contribution in [0.25, 0.3) is 0 Å². The Labute approximate surface area is 165 Å². The maximum absolute atomic E-state index is 12.9. The third kappa shape index (κ3) is 4.25. The van der Waals surface area contributed by atoms with Crippen molar-refractivity contribution in [2.45, 2.75) is 25.5 Å². The van der Waals surface area contributed by atoms with Crippen molar-refractivity contribution in [3.8, 4) is 0 Å². The molecule has 0 unspecified atom stereocenters. The van der Waals surface area contributed by atoms with Gasteiger partial charge in [-0.1, -0.05) is 48.5 Å². The lowest BCUT2D eigenvalue weighted by molar-refractivity contribution is -0.140. The third-order valence-electron chi connectivity index (χ3n) is 5.68. The normalized spacial score (nSPS) is 21.4. The first-order valence-electron chi connectivity index (χ1n) is 9.96. The van der Waals surface area contributed by atoms with Crippen LogP contribution in [0.5, 0.6) is 0 Å². The Morgan fingerprint density at radius 1 is 0.893 bits per heavy atom. The Morgan fingerprint density at radius 3 is 2.36 bits per heavy atom. The molecule has 5 nitrogen and oxygen atoms in total. The van der Waals surface area contributed by atoms with Gasteiger partial charge < -0.3 is 14.5 Å². The molecule has 2 aromatic rings. The first-order chi connectivity index (χ1) is 13.7. The van der Waals surface area contributed by atoms with Crippen molar-refractivity contribution < 1.29 is 14.3 Å². The molecule has 2 aromatic carbocycles. The lowest BCUT2D eigenvalue weighted by Crippen LogP contribution is -2.49. The average Bonchev–Trinajstić information content (AvgIpc) is 3.07. The van der Waals surface area contributed by atoms with Crippen molar-refractivity contribution in [2.75, 3.05) is 26.2 Å². The molecule has 3 fully saturated rings. The van der Waals surface area contributed by atoms with Crippen LogP contribution in [-0.4, -0.2) is 53.9 Å². The van der Waals surface area contributed by atoms with E-state index in [2.05, 4.69) is 0 Å². The number of nitrogens with zero attached hydrogens (tertiary/aromatic N) is 2. The van der Waals surface area contributed by atoms with Crippen molar-refractivity contribution in [1.82, 2.24) is 9.80 Å². The predicted molar refractivity (Wildman–Crippen MR) is 107 cm³/mol. The summed E-state index contributed by atoms with van der Waals surface area (Å²) >= 11 is 0. The summed E-state index contributed by atoms with van der Waals surface area (Å²) in [6.07, 6.45) is 2.02. The Balaban J connectivity index is 1.36. The average molecular weight is 378 g/mol. The lowest BCUT2D eigenvalue weighted by atomic mass is 9.95. The summed E-state index contributed by atoms with van der Waals surface area (Å²) in [6.45, 7) is 2.57. The molecule has 0 saturated carbocycles. The van der Waals surface area contributed by atoms with E-state index in [0.717, 1.165) is 31.5 Å². The number of benzene rings is 2. The smallest absolute Gasteiger partial charge is 0.253 e. The van der Waals surface area contributed by atoms with Crippen molar-refractivity contribution in [1.29, 1.82) is 0 Å². The minimum Gasteiger partial charge on any atom is -0.367 e. The Bertz CT molecular complexity index is 809. The molecule has 146 valence electrons. The van der Waals surface area contributed by atoms with Crippen molar-refractivity contribution >= 4 is 11.8 Å². The molecule has 0 aliphatic carbocycles. The maximum atomic E-state index is 12.9. The standard InChI is InChI=1S/C23H26N2O3/c26-22(17-28-16-18-7-3-1-4-8-18)25-14-19-11-12-21(25)15-24(13-19)23(27)20-9-5-2-6-10-20/h1-10,19,21H,11-17H2/t19-,21+/m0/s1. The SMILES string of the molecule is O=C(c1ccccc1)N1C[C@@H]2CC[C@H](C1)N(C(=O)COCc1ccccc1)C2. The topological polar surface area (TPSA) is 49.9 Å². The van der Waals surface area contributed by atoms with E-state index >= 15 is 0 Å². The van der Waals surface area contributed by atoms with Gasteiger partial charge in [-0.25, -0.2) is 0 Å². The quantitative estimate of drug-likeness (QED) is 0.804. The second-order valence-electron chi connectivity index (χ2n) is 7.70. The van der Waals surface area contributed by atoms with Gasteiger partial charge in [0.05, 0.1) is 6.61 Å². The highest BCUT2D eigenvalue weighted by Crippen LogP contribution is 2.29. The molecule has 3 aliphatic heterocycles. The molecule has 0 radical (unpaired) electrons. The van der Waals surface area contributed by atoms with E-state index in [0.29, 0.717) is 24.6 Å². The van der Waals surface area contributed by atoms with Gasteiger partial charge in [-0.15, -0.1) is 0 Å². The monoisotopic (exact) mass is 378 g/mol. The molecule has 0 N–H and O–H groups in total. The largest absolute Gasteiger partial charge is 0.367 e. The van der Waals surface area contributed by atoms with Crippen LogP contribution in [0.15, 0.2) is 60.7 Å². The van der Waals surface area contributed by atoms with Gasteiger partial charge in [0.15, 0.2) is 0 Å².